The van der Waals surface area contributed by atoms with Crippen LogP contribution in [-0.2, 0) is 21.1 Å². The van der Waals surface area contributed by atoms with Gasteiger partial charge in [-0.2, -0.15) is 52.8 Å². The first-order valence-electron chi connectivity index (χ1n) is 23.5. The van der Waals surface area contributed by atoms with E-state index >= 15 is 0 Å². The minimum atomic E-state index is -3.12. The van der Waals surface area contributed by atoms with Gasteiger partial charge in [0.25, 0.3) is 0 Å². The van der Waals surface area contributed by atoms with Crippen molar-refractivity contribution in [3.63, 3.8) is 0 Å². The number of hydrogen-bond acceptors (Lipinski definition) is 3. The summed E-state index contributed by atoms with van der Waals surface area (Å²) in [6, 6.07) is 94.4. The number of pyridine rings is 1. The van der Waals surface area contributed by atoms with Crippen LogP contribution in [0.1, 0.15) is 0 Å². The first-order valence-corrected chi connectivity index (χ1v) is 25.5. The Labute approximate surface area is 422 Å². The molecule has 0 atom stereocenters. The van der Waals surface area contributed by atoms with Crippen LogP contribution in [0.4, 0.5) is 22.7 Å². The van der Waals surface area contributed by atoms with Crippen LogP contribution in [0.15, 0.2) is 243 Å². The number of rotatable bonds is 7. The van der Waals surface area contributed by atoms with Gasteiger partial charge in [0, 0.05) is 66.4 Å². The Morgan fingerprint density at radius 2 is 1.01 bits per heavy atom. The molecule has 4 heterocycles. The second-order valence-electron chi connectivity index (χ2n) is 17.9. The molecule has 14 rings (SSSR count). The number of nitrogens with zero attached hydrogens (tertiary/aromatic N) is 4. The van der Waals surface area contributed by atoms with E-state index < -0.39 is 8.07 Å². The van der Waals surface area contributed by atoms with E-state index in [0.29, 0.717) is 0 Å². The standard InChI is InChI=1S/C64H41N4Si.Pt/c1-3-19-44(20-4-1)50-30-18-31-51(45-21-5-2-6-22-45)63(50)67-43-66(58-39-36-46-23-7-8-26-52(46)64(58)67)47-24-17-25-48(41-47)69(60-33-13-10-28-55(60)56-29-11-14-34-61(56)69)49-37-38-54-53-27-9-12-32-57(53)68(59(54)42-49)62-35-15-16-40-65-62;/h1-40,43H;/q-3;. The molecule has 0 unspecified atom stereocenters. The molecule has 0 N–H and O–H groups in total. The number of anilines is 4. The average Bonchev–Trinajstić information content (AvgIpc) is 4.08. The Hall–Kier alpha value is -8.08. The van der Waals surface area contributed by atoms with Crippen LogP contribution < -0.4 is 30.5 Å². The summed E-state index contributed by atoms with van der Waals surface area (Å²) < 4.78 is 2.29. The second kappa shape index (κ2) is 16.9. The van der Waals surface area contributed by atoms with Gasteiger partial charge < -0.3 is 14.4 Å². The fraction of sp³-hybridized carbons (Fsp3) is 0. The molecule has 2 aromatic heterocycles. The van der Waals surface area contributed by atoms with Crippen molar-refractivity contribution in [2.45, 2.75) is 0 Å². The van der Waals surface area contributed by atoms with Crippen LogP contribution in [0.25, 0.3) is 71.8 Å². The van der Waals surface area contributed by atoms with E-state index in [2.05, 4.69) is 264 Å². The molecule has 10 aromatic carbocycles. The van der Waals surface area contributed by atoms with Crippen LogP contribution in [0.2, 0.25) is 0 Å². The SMILES string of the molecule is [Pt].[c-]1c(N2[CH-]N(c3c(-c4ccccc4)cccc3-c3ccccc3)c3c2ccc2ccccc32)cccc1[Si]1(c2[c-]c3c(cc2)c2ccccc2n3-c2ccccn2)c2ccccc2-c2ccccc21. The van der Waals surface area contributed by atoms with Gasteiger partial charge in [0.1, 0.15) is 13.9 Å². The Bertz CT molecular complexity index is 3860. The van der Waals surface area contributed by atoms with Crippen molar-refractivity contribution in [1.29, 1.82) is 0 Å². The molecule has 2 aliphatic rings. The van der Waals surface area contributed by atoms with E-state index in [-0.39, 0.29) is 21.1 Å². The summed E-state index contributed by atoms with van der Waals surface area (Å²) in [6.07, 6.45) is 1.88. The summed E-state index contributed by atoms with van der Waals surface area (Å²) in [5.74, 6) is 0.873. The molecule has 0 saturated carbocycles. The molecule has 0 bridgehead atoms. The van der Waals surface area contributed by atoms with Crippen LogP contribution in [-0.4, -0.2) is 17.6 Å². The maximum Gasteiger partial charge on any atom is 0.135 e. The minimum absolute atomic E-state index is 0. The maximum atomic E-state index is 4.90. The zero-order valence-corrected chi connectivity index (χ0v) is 41.0. The molecule has 6 heteroatoms. The molecule has 0 radical (unpaired) electrons. The molecule has 334 valence electrons. The van der Waals surface area contributed by atoms with Crippen LogP contribution in [0.5, 0.6) is 0 Å². The zero-order valence-electron chi connectivity index (χ0n) is 37.8. The number of aromatic nitrogens is 2. The van der Waals surface area contributed by atoms with Gasteiger partial charge >= 0.3 is 0 Å². The van der Waals surface area contributed by atoms with E-state index in [9.17, 15) is 0 Å². The van der Waals surface area contributed by atoms with Crippen molar-refractivity contribution in [2.24, 2.45) is 0 Å². The van der Waals surface area contributed by atoms with E-state index in [4.69, 9.17) is 4.98 Å². The molecule has 4 nitrogen and oxygen atoms in total. The molecule has 0 aliphatic carbocycles. The van der Waals surface area contributed by atoms with Crippen molar-refractivity contribution >= 4 is 84.1 Å². The maximum absolute atomic E-state index is 4.90. The van der Waals surface area contributed by atoms with Crippen molar-refractivity contribution in [3.8, 4) is 39.2 Å². The van der Waals surface area contributed by atoms with Gasteiger partial charge in [-0.15, -0.1) is 17.7 Å². The molecular weight excluding hydrogens is 1050 g/mol. The largest absolute Gasteiger partial charge is 0.493 e. The molecule has 2 aliphatic heterocycles. The summed E-state index contributed by atoms with van der Waals surface area (Å²) in [7, 11) is -3.12. The van der Waals surface area contributed by atoms with Gasteiger partial charge in [0.15, 0.2) is 0 Å². The van der Waals surface area contributed by atoms with Crippen molar-refractivity contribution < 1.29 is 21.1 Å². The number of fused-ring (bicyclic) bond motifs is 9. The minimum Gasteiger partial charge on any atom is -0.493 e. The van der Waals surface area contributed by atoms with Crippen molar-refractivity contribution in [2.75, 3.05) is 9.80 Å². The first-order chi connectivity index (χ1) is 34.3. The summed E-state index contributed by atoms with van der Waals surface area (Å²) in [6.45, 7) is 2.30. The average molecular weight is 1090 g/mol. The Morgan fingerprint density at radius 1 is 0.414 bits per heavy atom. The third kappa shape index (κ3) is 6.28. The molecule has 0 fully saturated rings. The molecule has 12 aromatic rings. The summed E-state index contributed by atoms with van der Waals surface area (Å²) in [4.78, 5) is 9.70. The van der Waals surface area contributed by atoms with Gasteiger partial charge in [-0.05, 0) is 67.7 Å². The fourth-order valence-corrected chi connectivity index (χ4v) is 16.4. The fourth-order valence-electron chi connectivity index (χ4n) is 11.4. The number of hydrogen-bond donors (Lipinski definition) is 0. The van der Waals surface area contributed by atoms with E-state index in [1.54, 1.807) is 0 Å². The van der Waals surface area contributed by atoms with E-state index in [1.807, 2.05) is 12.3 Å². The third-order valence-electron chi connectivity index (χ3n) is 14.3. The van der Waals surface area contributed by atoms with Crippen LogP contribution in [0.3, 0.4) is 0 Å². The van der Waals surface area contributed by atoms with E-state index in [0.717, 1.165) is 67.2 Å². The van der Waals surface area contributed by atoms with Crippen LogP contribution >= 0.6 is 0 Å². The summed E-state index contributed by atoms with van der Waals surface area (Å²) >= 11 is 0. The topological polar surface area (TPSA) is 24.3 Å². The number of benzene rings is 10. The van der Waals surface area contributed by atoms with Crippen LogP contribution in [0, 0.1) is 18.8 Å². The summed E-state index contributed by atoms with van der Waals surface area (Å²) in [5, 5.41) is 9.76. The predicted molar refractivity (Wildman–Crippen MR) is 289 cm³/mol. The molecule has 0 saturated heterocycles. The molecule has 0 amide bonds. The van der Waals surface area contributed by atoms with Crippen molar-refractivity contribution in [1.82, 2.24) is 9.55 Å². The quantitative estimate of drug-likeness (QED) is 0.117. The normalized spacial score (nSPS) is 13.3. The van der Waals surface area contributed by atoms with Gasteiger partial charge in [-0.3, -0.25) is 0 Å². The molecule has 0 spiro atoms. The van der Waals surface area contributed by atoms with Gasteiger partial charge in [0.2, 0.25) is 0 Å². The van der Waals surface area contributed by atoms with E-state index in [1.165, 1.54) is 48.0 Å². The predicted octanol–water partition coefficient (Wildman–Crippen LogP) is 13.0. The first kappa shape index (κ1) is 42.1. The Morgan fingerprint density at radius 3 is 1.73 bits per heavy atom. The van der Waals surface area contributed by atoms with Gasteiger partial charge in [0.05, 0.1) is 0 Å². The Balaban J connectivity index is 0.00000480. The smallest absolute Gasteiger partial charge is 0.135 e. The second-order valence-corrected chi connectivity index (χ2v) is 21.6. The molecule has 70 heavy (non-hydrogen) atoms. The monoisotopic (exact) mass is 1090 g/mol. The van der Waals surface area contributed by atoms with Gasteiger partial charge in [-0.25, -0.2) is 4.98 Å². The summed E-state index contributed by atoms with van der Waals surface area (Å²) in [5.41, 5.74) is 13.7. The third-order valence-corrected chi connectivity index (χ3v) is 19.0. The Kier molecular flexibility index (Phi) is 10.1. The molecular formula is C64H41N4PtSi-3. The zero-order chi connectivity index (χ0) is 45.5. The van der Waals surface area contributed by atoms with Crippen molar-refractivity contribution in [3.05, 3.63) is 262 Å². The number of para-hydroxylation sites is 2. The van der Waals surface area contributed by atoms with Gasteiger partial charge in [-0.1, -0.05) is 188 Å².